The first kappa shape index (κ1) is 19.6. The molecule has 1 atom stereocenters. The van der Waals surface area contributed by atoms with Crippen LogP contribution < -0.4 is 10.1 Å². The molecule has 0 fully saturated rings. The summed E-state index contributed by atoms with van der Waals surface area (Å²) in [6.45, 7) is 4.39. The van der Waals surface area contributed by atoms with Gasteiger partial charge in [0.25, 0.3) is 0 Å². The smallest absolute Gasteiger partial charge is 0.162 e. The van der Waals surface area contributed by atoms with Crippen LogP contribution in [-0.2, 0) is 4.79 Å². The number of para-hydroxylation sites is 1. The number of hydrogen-bond donors (Lipinski definition) is 1. The maximum Gasteiger partial charge on any atom is 0.162 e. The molecule has 30 heavy (non-hydrogen) atoms. The van der Waals surface area contributed by atoms with Gasteiger partial charge < -0.3 is 10.1 Å². The van der Waals surface area contributed by atoms with Crippen LogP contribution >= 0.6 is 22.6 Å². The van der Waals surface area contributed by atoms with Crippen molar-refractivity contribution in [1.29, 1.82) is 0 Å². The van der Waals surface area contributed by atoms with Crippen LogP contribution in [0.3, 0.4) is 0 Å². The van der Waals surface area contributed by atoms with Crippen LogP contribution in [0.5, 0.6) is 5.75 Å². The lowest BCUT2D eigenvalue weighted by molar-refractivity contribution is -0.118. The number of Topliss-reactive ketones (excluding diaryl/α,β-unsaturated/α-hetero) is 1. The first-order valence-electron chi connectivity index (χ1n) is 10.3. The van der Waals surface area contributed by atoms with Crippen molar-refractivity contribution in [2.24, 2.45) is 5.41 Å². The number of fused-ring (bicyclic) bond motifs is 4. The Morgan fingerprint density at radius 2 is 1.83 bits per heavy atom. The minimum absolute atomic E-state index is 0.0543. The Morgan fingerprint density at radius 3 is 2.63 bits per heavy atom. The highest BCUT2D eigenvalue weighted by Crippen LogP contribution is 2.53. The van der Waals surface area contributed by atoms with Crippen molar-refractivity contribution in [2.45, 2.75) is 32.7 Å². The summed E-state index contributed by atoms with van der Waals surface area (Å²) in [6, 6.07) is 18.7. The lowest BCUT2D eigenvalue weighted by Gasteiger charge is -2.40. The second kappa shape index (κ2) is 7.12. The quantitative estimate of drug-likeness (QED) is 0.388. The molecule has 1 heterocycles. The summed E-state index contributed by atoms with van der Waals surface area (Å²) in [5, 5.41) is 6.10. The number of halogens is 1. The van der Waals surface area contributed by atoms with Gasteiger partial charge in [-0.05, 0) is 62.9 Å². The van der Waals surface area contributed by atoms with E-state index in [9.17, 15) is 4.79 Å². The largest absolute Gasteiger partial charge is 0.495 e. The molecule has 3 aromatic rings. The molecule has 0 amide bonds. The van der Waals surface area contributed by atoms with Crippen molar-refractivity contribution in [3.63, 3.8) is 0 Å². The Bertz CT molecular complexity index is 1220. The summed E-state index contributed by atoms with van der Waals surface area (Å²) < 4.78 is 6.81. The van der Waals surface area contributed by atoms with Crippen molar-refractivity contribution in [1.82, 2.24) is 0 Å². The number of nitrogens with one attached hydrogen (secondary N) is 1. The molecule has 2 aliphatic rings. The fourth-order valence-electron chi connectivity index (χ4n) is 5.04. The Kier molecular flexibility index (Phi) is 4.65. The SMILES string of the molecule is COc1c(I)cccc1C1Nc2ccc3ccccc3c2C2=C1C(=O)CC(C)(C)C2. The van der Waals surface area contributed by atoms with Crippen LogP contribution in [-0.4, -0.2) is 12.9 Å². The zero-order chi connectivity index (χ0) is 21.0. The maximum absolute atomic E-state index is 13.5. The third-order valence-electron chi connectivity index (χ3n) is 6.25. The lowest BCUT2D eigenvalue weighted by atomic mass is 9.68. The second-order valence-corrected chi connectivity index (χ2v) is 10.1. The van der Waals surface area contributed by atoms with E-state index in [0.717, 1.165) is 32.6 Å². The summed E-state index contributed by atoms with van der Waals surface area (Å²) in [5.74, 6) is 1.07. The van der Waals surface area contributed by atoms with E-state index in [0.29, 0.717) is 6.42 Å². The zero-order valence-electron chi connectivity index (χ0n) is 17.4. The van der Waals surface area contributed by atoms with E-state index in [1.54, 1.807) is 7.11 Å². The van der Waals surface area contributed by atoms with E-state index in [1.807, 2.05) is 12.1 Å². The highest BCUT2D eigenvalue weighted by atomic mass is 127. The Hall–Kier alpha value is -2.34. The van der Waals surface area contributed by atoms with Crippen LogP contribution in [0.15, 0.2) is 60.2 Å². The van der Waals surface area contributed by atoms with Crippen molar-refractivity contribution >= 4 is 50.4 Å². The maximum atomic E-state index is 13.5. The summed E-state index contributed by atoms with van der Waals surface area (Å²) in [7, 11) is 1.70. The summed E-state index contributed by atoms with van der Waals surface area (Å²) in [6.07, 6.45) is 1.45. The van der Waals surface area contributed by atoms with Gasteiger partial charge in [0, 0.05) is 28.8 Å². The van der Waals surface area contributed by atoms with Crippen LogP contribution in [0.1, 0.15) is 43.9 Å². The number of methoxy groups -OCH3 is 1. The van der Waals surface area contributed by atoms with E-state index in [-0.39, 0.29) is 17.2 Å². The molecule has 0 spiro atoms. The fraction of sp³-hybridized carbons (Fsp3) is 0.269. The van der Waals surface area contributed by atoms with Gasteiger partial charge in [-0.1, -0.05) is 56.3 Å². The monoisotopic (exact) mass is 509 g/mol. The molecule has 3 nitrogen and oxygen atoms in total. The lowest BCUT2D eigenvalue weighted by Crippen LogP contribution is -2.33. The molecule has 1 unspecified atom stereocenters. The standard InChI is InChI=1S/C26H24INO2/c1-26(2)13-18-22-16-8-5-4-7-15(16)11-12-20(22)28-24(23(18)21(29)14-26)17-9-6-10-19(27)25(17)30-3/h4-12,24,28H,13-14H2,1-3H3. The molecular weight excluding hydrogens is 485 g/mol. The van der Waals surface area contributed by atoms with Gasteiger partial charge in [-0.25, -0.2) is 0 Å². The third-order valence-corrected chi connectivity index (χ3v) is 7.10. The average Bonchev–Trinajstić information content (AvgIpc) is 2.71. The molecular formula is C26H24INO2. The number of carbonyl (C=O) groups is 1. The zero-order valence-corrected chi connectivity index (χ0v) is 19.5. The number of anilines is 1. The third kappa shape index (κ3) is 3.04. The van der Waals surface area contributed by atoms with E-state index >= 15 is 0 Å². The van der Waals surface area contributed by atoms with Crippen molar-refractivity contribution < 1.29 is 9.53 Å². The summed E-state index contributed by atoms with van der Waals surface area (Å²) >= 11 is 2.30. The van der Waals surface area contributed by atoms with Crippen LogP contribution in [0, 0.1) is 8.99 Å². The van der Waals surface area contributed by atoms with Crippen molar-refractivity contribution in [3.05, 3.63) is 74.9 Å². The first-order chi connectivity index (χ1) is 14.4. The van der Waals surface area contributed by atoms with Crippen LogP contribution in [0.2, 0.25) is 0 Å². The van der Waals surface area contributed by atoms with Gasteiger partial charge in [-0.15, -0.1) is 0 Å². The van der Waals surface area contributed by atoms with Gasteiger partial charge in [0.05, 0.1) is 16.7 Å². The molecule has 3 aromatic carbocycles. The summed E-state index contributed by atoms with van der Waals surface area (Å²) in [5.41, 5.74) is 5.32. The normalized spacial score (nSPS) is 19.9. The average molecular weight is 509 g/mol. The molecule has 4 heteroatoms. The minimum Gasteiger partial charge on any atom is -0.495 e. The number of ketones is 1. The van der Waals surface area contributed by atoms with Gasteiger partial charge in [-0.2, -0.15) is 0 Å². The van der Waals surface area contributed by atoms with Crippen molar-refractivity contribution in [2.75, 3.05) is 12.4 Å². The fourth-order valence-corrected chi connectivity index (χ4v) is 5.78. The number of ether oxygens (including phenoxy) is 1. The Morgan fingerprint density at radius 1 is 1.03 bits per heavy atom. The van der Waals surface area contributed by atoms with Gasteiger partial charge >= 0.3 is 0 Å². The van der Waals surface area contributed by atoms with Gasteiger partial charge in [-0.3, -0.25) is 4.79 Å². The predicted molar refractivity (Wildman–Crippen MR) is 131 cm³/mol. The number of benzene rings is 3. The topological polar surface area (TPSA) is 38.3 Å². The van der Waals surface area contributed by atoms with E-state index in [2.05, 4.69) is 84.2 Å². The van der Waals surface area contributed by atoms with Gasteiger partial charge in [0.2, 0.25) is 0 Å². The Labute approximate surface area is 190 Å². The first-order valence-corrected chi connectivity index (χ1v) is 11.3. The molecule has 0 saturated carbocycles. The summed E-state index contributed by atoms with van der Waals surface area (Å²) in [4.78, 5) is 13.5. The molecule has 0 saturated heterocycles. The molecule has 5 rings (SSSR count). The molecule has 1 N–H and O–H groups in total. The second-order valence-electron chi connectivity index (χ2n) is 8.98. The molecule has 0 radical (unpaired) electrons. The highest BCUT2D eigenvalue weighted by molar-refractivity contribution is 14.1. The molecule has 0 aromatic heterocycles. The molecule has 1 aliphatic carbocycles. The number of hydrogen-bond acceptors (Lipinski definition) is 3. The van der Waals surface area contributed by atoms with Gasteiger partial charge in [0.1, 0.15) is 5.75 Å². The molecule has 1 aliphatic heterocycles. The number of carbonyl (C=O) groups excluding carboxylic acids is 1. The van der Waals surface area contributed by atoms with E-state index in [1.165, 1.54) is 21.9 Å². The van der Waals surface area contributed by atoms with E-state index < -0.39 is 0 Å². The van der Waals surface area contributed by atoms with Crippen LogP contribution in [0.25, 0.3) is 16.3 Å². The molecule has 0 bridgehead atoms. The van der Waals surface area contributed by atoms with Crippen molar-refractivity contribution in [3.8, 4) is 5.75 Å². The van der Waals surface area contributed by atoms with Crippen LogP contribution in [0.4, 0.5) is 5.69 Å². The highest BCUT2D eigenvalue weighted by Gasteiger charge is 2.41. The molecule has 152 valence electrons. The number of rotatable bonds is 2. The minimum atomic E-state index is -0.207. The Balaban J connectivity index is 1.82. The number of allylic oxidation sites excluding steroid dienone is 1. The van der Waals surface area contributed by atoms with E-state index in [4.69, 9.17) is 4.74 Å². The van der Waals surface area contributed by atoms with Gasteiger partial charge in [0.15, 0.2) is 5.78 Å². The predicted octanol–water partition coefficient (Wildman–Crippen LogP) is 6.76.